The van der Waals surface area contributed by atoms with E-state index >= 15 is 0 Å². The van der Waals surface area contributed by atoms with Gasteiger partial charge in [-0.3, -0.25) is 10.1 Å². The molecule has 0 aliphatic heterocycles. The Morgan fingerprint density at radius 3 is 2.21 bits per heavy atom. The first-order chi connectivity index (χ1) is 8.79. The first-order valence-electron chi connectivity index (χ1n) is 6.36. The normalized spacial score (nSPS) is 11.1. The summed E-state index contributed by atoms with van der Waals surface area (Å²) in [4.78, 5) is 17.0. The molecule has 0 atom stereocenters. The molecule has 0 aliphatic rings. The van der Waals surface area contributed by atoms with E-state index in [4.69, 9.17) is 0 Å². The van der Waals surface area contributed by atoms with Gasteiger partial charge in [0.1, 0.15) is 10.4 Å². The largest absolute Gasteiger partial charge is 0.356 e. The predicted octanol–water partition coefficient (Wildman–Crippen LogP) is 3.87. The zero-order valence-corrected chi connectivity index (χ0v) is 13.3. The molecule has 0 unspecified atom stereocenters. The molecule has 0 saturated carbocycles. The Labute approximate surface area is 122 Å². The van der Waals surface area contributed by atoms with E-state index in [1.807, 2.05) is 0 Å². The number of rotatable bonds is 6. The minimum Gasteiger partial charge on any atom is -0.356 e. The third-order valence-electron chi connectivity index (χ3n) is 2.47. The Kier molecular flexibility index (Phi) is 5.72. The van der Waals surface area contributed by atoms with E-state index in [-0.39, 0.29) is 5.69 Å². The summed E-state index contributed by atoms with van der Waals surface area (Å²) in [5.74, 6) is 1.60. The van der Waals surface area contributed by atoms with Crippen molar-refractivity contribution in [3.8, 4) is 0 Å². The maximum Gasteiger partial charge on any atom is 0.275 e. The Hall–Kier alpha value is -1.17. The molecule has 0 amide bonds. The van der Waals surface area contributed by atoms with Crippen molar-refractivity contribution in [3.63, 3.8) is 0 Å². The molecule has 1 aromatic heterocycles. The molecule has 0 saturated heterocycles. The van der Waals surface area contributed by atoms with Gasteiger partial charge in [0.25, 0.3) is 5.69 Å². The number of pyridine rings is 1. The maximum atomic E-state index is 10.9. The van der Waals surface area contributed by atoms with Crippen molar-refractivity contribution < 1.29 is 4.92 Å². The van der Waals surface area contributed by atoms with Crippen molar-refractivity contribution in [1.29, 1.82) is 0 Å². The first-order valence-corrected chi connectivity index (χ1v) is 7.15. The molecule has 0 radical (unpaired) electrons. The fourth-order valence-electron chi connectivity index (χ4n) is 1.88. The van der Waals surface area contributed by atoms with Crippen molar-refractivity contribution in [3.05, 3.63) is 26.9 Å². The molecule has 0 aliphatic carbocycles. The molecule has 106 valence electrons. The minimum absolute atomic E-state index is 0.0642. The third kappa shape index (κ3) is 5.14. The molecule has 0 bridgehead atoms. The summed E-state index contributed by atoms with van der Waals surface area (Å²) in [7, 11) is 0. The average Bonchev–Trinajstić information content (AvgIpc) is 2.25. The molecule has 5 nitrogen and oxygen atoms in total. The van der Waals surface area contributed by atoms with Crippen molar-refractivity contribution >= 4 is 27.4 Å². The van der Waals surface area contributed by atoms with Crippen LogP contribution in [0.4, 0.5) is 11.5 Å². The summed E-state index contributed by atoms with van der Waals surface area (Å²) in [6.45, 7) is 10.2. The summed E-state index contributed by atoms with van der Waals surface area (Å²) in [5.41, 5.74) is 0.0642. The molecular weight excluding hydrogens is 310 g/mol. The van der Waals surface area contributed by atoms with E-state index in [2.05, 4.69) is 53.5 Å². The van der Waals surface area contributed by atoms with E-state index in [0.717, 1.165) is 13.1 Å². The second-order valence-electron chi connectivity index (χ2n) is 5.46. The smallest absolute Gasteiger partial charge is 0.275 e. The van der Waals surface area contributed by atoms with Crippen molar-refractivity contribution in [2.24, 2.45) is 11.8 Å². The summed E-state index contributed by atoms with van der Waals surface area (Å²) >= 11 is 3.24. The summed E-state index contributed by atoms with van der Waals surface area (Å²) in [6, 6.07) is 2.96. The molecule has 1 rings (SSSR count). The van der Waals surface area contributed by atoms with Crippen LogP contribution in [-0.2, 0) is 0 Å². The molecule has 6 heteroatoms. The number of aromatic nitrogens is 1. The molecule has 1 heterocycles. The van der Waals surface area contributed by atoms with Gasteiger partial charge in [-0.2, -0.15) is 0 Å². The zero-order chi connectivity index (χ0) is 14.6. The Bertz CT molecular complexity index is 440. The number of nitrogens with zero attached hydrogens (tertiary/aromatic N) is 3. The van der Waals surface area contributed by atoms with E-state index in [9.17, 15) is 10.1 Å². The van der Waals surface area contributed by atoms with Gasteiger partial charge in [0, 0.05) is 19.2 Å². The number of halogens is 1. The monoisotopic (exact) mass is 329 g/mol. The SMILES string of the molecule is CC(C)CN(CC(C)C)c1cc([N+](=O)[O-])cc(Br)n1. The standard InChI is InChI=1S/C13H20BrN3O2/c1-9(2)7-16(8-10(3)4)13-6-11(17(18)19)5-12(14)15-13/h5-6,9-10H,7-8H2,1-4H3. The highest BCUT2D eigenvalue weighted by atomic mass is 79.9. The summed E-state index contributed by atoms with van der Waals surface area (Å²) in [5, 5.41) is 10.9. The molecule has 0 N–H and O–H groups in total. The fraction of sp³-hybridized carbons (Fsp3) is 0.615. The highest BCUT2D eigenvalue weighted by Gasteiger charge is 2.17. The highest BCUT2D eigenvalue weighted by Crippen LogP contribution is 2.24. The molecular formula is C13H20BrN3O2. The Morgan fingerprint density at radius 2 is 1.79 bits per heavy atom. The van der Waals surface area contributed by atoms with Crippen LogP contribution in [0.2, 0.25) is 0 Å². The second-order valence-corrected chi connectivity index (χ2v) is 6.27. The van der Waals surface area contributed by atoms with E-state index in [0.29, 0.717) is 22.3 Å². The van der Waals surface area contributed by atoms with Crippen LogP contribution in [-0.4, -0.2) is 23.0 Å². The quantitative estimate of drug-likeness (QED) is 0.451. The van der Waals surface area contributed by atoms with Crippen LogP contribution in [0, 0.1) is 22.0 Å². The topological polar surface area (TPSA) is 59.3 Å². The van der Waals surface area contributed by atoms with Crippen molar-refractivity contribution in [2.75, 3.05) is 18.0 Å². The number of hydrogen-bond donors (Lipinski definition) is 0. The Balaban J connectivity index is 3.09. The summed E-state index contributed by atoms with van der Waals surface area (Å²) in [6.07, 6.45) is 0. The number of anilines is 1. The van der Waals surface area contributed by atoms with Gasteiger partial charge in [0.2, 0.25) is 0 Å². The average molecular weight is 330 g/mol. The fourth-order valence-corrected chi connectivity index (χ4v) is 2.30. The number of nitro groups is 1. The number of hydrogen-bond acceptors (Lipinski definition) is 4. The molecule has 0 spiro atoms. The van der Waals surface area contributed by atoms with Crippen LogP contribution >= 0.6 is 15.9 Å². The lowest BCUT2D eigenvalue weighted by molar-refractivity contribution is -0.384. The summed E-state index contributed by atoms with van der Waals surface area (Å²) < 4.78 is 0.495. The highest BCUT2D eigenvalue weighted by molar-refractivity contribution is 9.10. The van der Waals surface area contributed by atoms with Crippen LogP contribution in [0.5, 0.6) is 0 Å². The predicted molar refractivity (Wildman–Crippen MR) is 80.5 cm³/mol. The first kappa shape index (κ1) is 15.9. The van der Waals surface area contributed by atoms with Gasteiger partial charge in [-0.15, -0.1) is 0 Å². The van der Waals surface area contributed by atoms with Gasteiger partial charge < -0.3 is 4.90 Å². The molecule has 0 fully saturated rings. The minimum atomic E-state index is -0.390. The van der Waals surface area contributed by atoms with Crippen LogP contribution in [0.25, 0.3) is 0 Å². The van der Waals surface area contributed by atoms with E-state index in [1.54, 1.807) is 0 Å². The van der Waals surface area contributed by atoms with Crippen molar-refractivity contribution in [2.45, 2.75) is 27.7 Å². The van der Waals surface area contributed by atoms with Gasteiger partial charge in [-0.05, 0) is 27.8 Å². The van der Waals surface area contributed by atoms with E-state index in [1.165, 1.54) is 12.1 Å². The molecule has 1 aromatic rings. The van der Waals surface area contributed by atoms with E-state index < -0.39 is 4.92 Å². The second kappa shape index (κ2) is 6.84. The lowest BCUT2D eigenvalue weighted by Gasteiger charge is -2.27. The van der Waals surface area contributed by atoms with Crippen LogP contribution in [0.1, 0.15) is 27.7 Å². The lowest BCUT2D eigenvalue weighted by atomic mass is 10.1. The lowest BCUT2D eigenvalue weighted by Crippen LogP contribution is -2.32. The molecule has 19 heavy (non-hydrogen) atoms. The van der Waals surface area contributed by atoms with Crippen molar-refractivity contribution in [1.82, 2.24) is 4.98 Å². The van der Waals surface area contributed by atoms with Gasteiger partial charge in [0.05, 0.1) is 11.0 Å². The van der Waals surface area contributed by atoms with Gasteiger partial charge in [0.15, 0.2) is 0 Å². The van der Waals surface area contributed by atoms with Gasteiger partial charge >= 0.3 is 0 Å². The zero-order valence-electron chi connectivity index (χ0n) is 11.8. The van der Waals surface area contributed by atoms with Crippen LogP contribution in [0.15, 0.2) is 16.7 Å². The van der Waals surface area contributed by atoms with Crippen LogP contribution in [0.3, 0.4) is 0 Å². The molecule has 0 aromatic carbocycles. The third-order valence-corrected chi connectivity index (χ3v) is 2.88. The van der Waals surface area contributed by atoms with Gasteiger partial charge in [-0.1, -0.05) is 27.7 Å². The van der Waals surface area contributed by atoms with Crippen LogP contribution < -0.4 is 4.90 Å². The maximum absolute atomic E-state index is 10.9. The van der Waals surface area contributed by atoms with Gasteiger partial charge in [-0.25, -0.2) is 4.98 Å². The Morgan fingerprint density at radius 1 is 1.26 bits per heavy atom.